The number of likely N-dealkylation sites (N-methyl/N-ethyl adjacent to an activating group) is 1. The Morgan fingerprint density at radius 2 is 1.61 bits per heavy atom. The number of methoxy groups -OCH3 is 1. The highest BCUT2D eigenvalue weighted by molar-refractivity contribution is 5.92. The van der Waals surface area contributed by atoms with E-state index < -0.39 is 11.9 Å². The highest BCUT2D eigenvalue weighted by Gasteiger charge is 2.23. The lowest BCUT2D eigenvalue weighted by molar-refractivity contribution is -0.113. The van der Waals surface area contributed by atoms with Crippen molar-refractivity contribution in [2.45, 2.75) is 0 Å². The number of amides is 1. The van der Waals surface area contributed by atoms with Crippen LogP contribution in [-0.2, 0) is 9.53 Å². The van der Waals surface area contributed by atoms with Gasteiger partial charge in [0.1, 0.15) is 0 Å². The van der Waals surface area contributed by atoms with Gasteiger partial charge in [0.05, 0.1) is 24.8 Å². The van der Waals surface area contributed by atoms with Crippen molar-refractivity contribution in [2.75, 3.05) is 20.7 Å². The van der Waals surface area contributed by atoms with E-state index in [1.807, 2.05) is 0 Å². The van der Waals surface area contributed by atoms with E-state index in [0.29, 0.717) is 12.1 Å². The zero-order valence-corrected chi connectivity index (χ0v) is 10.0. The number of esters is 1. The molecule has 1 aromatic carbocycles. The second-order valence-electron chi connectivity index (χ2n) is 3.62. The molecule has 0 radical (unpaired) electrons. The molecule has 0 atom stereocenters. The molecule has 0 spiro atoms. The zero-order valence-electron chi connectivity index (χ0n) is 10.0. The molecule has 1 aliphatic rings. The summed E-state index contributed by atoms with van der Waals surface area (Å²) in [7, 11) is 3.05. The molecule has 18 heavy (non-hydrogen) atoms. The maximum atomic E-state index is 10.9. The Balaban J connectivity index is 0.000000269. The van der Waals surface area contributed by atoms with Crippen LogP contribution in [0, 0.1) is 0 Å². The number of nitrogens with zero attached hydrogens (tertiary/aromatic N) is 1. The second kappa shape index (κ2) is 5.81. The lowest BCUT2D eigenvalue weighted by Gasteiger charge is -1.98. The topological polar surface area (TPSA) is 83.7 Å². The van der Waals surface area contributed by atoms with E-state index in [4.69, 9.17) is 5.11 Å². The number of ether oxygens (including phenoxy) is 1. The molecule has 1 N–H and O–H groups in total. The van der Waals surface area contributed by atoms with Crippen molar-refractivity contribution in [1.82, 2.24) is 4.90 Å². The fourth-order valence-corrected chi connectivity index (χ4v) is 1.03. The van der Waals surface area contributed by atoms with Gasteiger partial charge in [-0.2, -0.15) is 0 Å². The summed E-state index contributed by atoms with van der Waals surface area (Å²) in [5.41, 5.74) is 0.486. The average molecular weight is 251 g/mol. The molecule has 0 bridgehead atoms. The van der Waals surface area contributed by atoms with E-state index in [9.17, 15) is 14.4 Å². The first-order chi connectivity index (χ1) is 8.45. The fourth-order valence-electron chi connectivity index (χ4n) is 1.03. The van der Waals surface area contributed by atoms with Crippen molar-refractivity contribution in [2.24, 2.45) is 0 Å². The summed E-state index contributed by atoms with van der Waals surface area (Å²) in [6, 6.07) is 5.54. The molecule has 1 fully saturated rings. The van der Waals surface area contributed by atoms with Crippen LogP contribution in [0.3, 0.4) is 0 Å². The standard InChI is InChI=1S/C9H8O4.C3H5NO/c1-13-9(12)7-4-2-6(3-5-7)8(10)11;1-4-2-3(4)5/h2-5H,1H3,(H,10,11);2H2,1H3. The van der Waals surface area contributed by atoms with Gasteiger partial charge < -0.3 is 14.7 Å². The quantitative estimate of drug-likeness (QED) is 0.615. The van der Waals surface area contributed by atoms with E-state index in [0.717, 1.165) is 0 Å². The predicted molar refractivity (Wildman–Crippen MR) is 62.4 cm³/mol. The lowest BCUT2D eigenvalue weighted by Crippen LogP contribution is -2.02. The molecule has 1 aliphatic heterocycles. The van der Waals surface area contributed by atoms with Crippen LogP contribution >= 0.6 is 0 Å². The second-order valence-corrected chi connectivity index (χ2v) is 3.62. The first-order valence-corrected chi connectivity index (χ1v) is 5.11. The summed E-state index contributed by atoms with van der Waals surface area (Å²) in [4.78, 5) is 32.8. The number of carboxylic acid groups (broad SMARTS) is 1. The van der Waals surface area contributed by atoms with Crippen molar-refractivity contribution in [3.05, 3.63) is 35.4 Å². The van der Waals surface area contributed by atoms with Crippen LogP contribution in [-0.4, -0.2) is 48.6 Å². The van der Waals surface area contributed by atoms with Gasteiger partial charge in [-0.05, 0) is 24.3 Å². The van der Waals surface area contributed by atoms with Crippen LogP contribution in [0.15, 0.2) is 24.3 Å². The van der Waals surface area contributed by atoms with E-state index >= 15 is 0 Å². The maximum absolute atomic E-state index is 10.9. The van der Waals surface area contributed by atoms with Crippen LogP contribution in [0.5, 0.6) is 0 Å². The lowest BCUT2D eigenvalue weighted by atomic mass is 10.1. The average Bonchev–Trinajstić information content (AvgIpc) is 3.02. The van der Waals surface area contributed by atoms with E-state index in [1.54, 1.807) is 11.9 Å². The number of hydrogen-bond donors (Lipinski definition) is 1. The van der Waals surface area contributed by atoms with E-state index in [2.05, 4.69) is 4.74 Å². The molecule has 2 rings (SSSR count). The summed E-state index contributed by atoms with van der Waals surface area (Å²) >= 11 is 0. The van der Waals surface area contributed by atoms with Crippen LogP contribution in [0.4, 0.5) is 0 Å². The molecule has 6 heteroatoms. The van der Waals surface area contributed by atoms with Crippen molar-refractivity contribution < 1.29 is 24.2 Å². The van der Waals surface area contributed by atoms with Crippen molar-refractivity contribution >= 4 is 17.8 Å². The number of rotatable bonds is 2. The summed E-state index contributed by atoms with van der Waals surface area (Å²) < 4.78 is 4.45. The number of benzene rings is 1. The Morgan fingerprint density at radius 3 is 1.89 bits per heavy atom. The van der Waals surface area contributed by atoms with Crippen molar-refractivity contribution in [3.63, 3.8) is 0 Å². The van der Waals surface area contributed by atoms with Crippen molar-refractivity contribution in [1.29, 1.82) is 0 Å². The molecule has 1 amide bonds. The monoisotopic (exact) mass is 251 g/mol. The van der Waals surface area contributed by atoms with Crippen LogP contribution < -0.4 is 0 Å². The van der Waals surface area contributed by atoms with Gasteiger partial charge in [0.25, 0.3) is 0 Å². The molecule has 0 aliphatic carbocycles. The Labute approximate surface area is 104 Å². The van der Waals surface area contributed by atoms with Gasteiger partial charge in [0.2, 0.25) is 5.91 Å². The molecule has 1 heterocycles. The fraction of sp³-hybridized carbons (Fsp3) is 0.250. The van der Waals surface area contributed by atoms with Gasteiger partial charge in [-0.25, -0.2) is 9.59 Å². The molecule has 0 unspecified atom stereocenters. The molecular formula is C12H13NO5. The van der Waals surface area contributed by atoms with Crippen molar-refractivity contribution in [3.8, 4) is 0 Å². The van der Waals surface area contributed by atoms with Crippen LogP contribution in [0.1, 0.15) is 20.7 Å². The summed E-state index contributed by atoms with van der Waals surface area (Å²) in [6.45, 7) is 0.667. The molecule has 0 saturated carbocycles. The van der Waals surface area contributed by atoms with Gasteiger partial charge in [-0.1, -0.05) is 0 Å². The molecule has 1 saturated heterocycles. The largest absolute Gasteiger partial charge is 0.478 e. The van der Waals surface area contributed by atoms with Crippen LogP contribution in [0.2, 0.25) is 0 Å². The van der Waals surface area contributed by atoms with E-state index in [-0.39, 0.29) is 11.5 Å². The summed E-state index contributed by atoms with van der Waals surface area (Å²) in [5, 5.41) is 8.56. The van der Waals surface area contributed by atoms with Gasteiger partial charge in [-0.3, -0.25) is 4.79 Å². The van der Waals surface area contributed by atoms with Gasteiger partial charge in [-0.15, -0.1) is 0 Å². The molecular weight excluding hydrogens is 238 g/mol. The SMILES string of the molecule is CN1CC1=O.COC(=O)c1ccc(C(=O)O)cc1. The Hall–Kier alpha value is -2.37. The third-order valence-corrected chi connectivity index (χ3v) is 2.25. The molecule has 0 aromatic heterocycles. The Bertz CT molecular complexity index is 466. The smallest absolute Gasteiger partial charge is 0.337 e. The minimum atomic E-state index is -1.02. The number of carbonyl (C=O) groups is 3. The van der Waals surface area contributed by atoms with Crippen LogP contribution in [0.25, 0.3) is 0 Å². The summed E-state index contributed by atoms with van der Waals surface area (Å²) in [6.07, 6.45) is 0. The van der Waals surface area contributed by atoms with Gasteiger partial charge in [0.15, 0.2) is 0 Å². The minimum Gasteiger partial charge on any atom is -0.478 e. The number of carboxylic acids is 1. The maximum Gasteiger partial charge on any atom is 0.337 e. The Morgan fingerprint density at radius 1 is 1.22 bits per heavy atom. The number of aromatic carboxylic acids is 1. The first kappa shape index (κ1) is 13.7. The summed E-state index contributed by atoms with van der Waals surface area (Å²) in [5.74, 6) is -1.24. The zero-order chi connectivity index (χ0) is 13.7. The molecule has 96 valence electrons. The highest BCUT2D eigenvalue weighted by Crippen LogP contribution is 2.05. The van der Waals surface area contributed by atoms with Gasteiger partial charge in [0, 0.05) is 7.05 Å². The molecule has 6 nitrogen and oxygen atoms in total. The first-order valence-electron chi connectivity index (χ1n) is 5.11. The Kier molecular flexibility index (Phi) is 4.42. The minimum absolute atomic E-state index is 0.146. The van der Waals surface area contributed by atoms with E-state index in [1.165, 1.54) is 31.4 Å². The highest BCUT2D eigenvalue weighted by atomic mass is 16.5. The van der Waals surface area contributed by atoms with Gasteiger partial charge >= 0.3 is 11.9 Å². The predicted octanol–water partition coefficient (Wildman–Crippen LogP) is 0.630. The third-order valence-electron chi connectivity index (χ3n) is 2.25. The normalized spacial score (nSPS) is 12.3. The number of carbonyl (C=O) groups excluding carboxylic acids is 2. The number of hydrogen-bond acceptors (Lipinski definition) is 4. The third kappa shape index (κ3) is 3.89. The molecule has 1 aromatic rings.